The van der Waals surface area contributed by atoms with E-state index in [4.69, 9.17) is 10.00 Å². The van der Waals surface area contributed by atoms with Crippen LogP contribution in [0, 0.1) is 11.3 Å². The molecule has 3 amide bonds. The number of urea groups is 1. The van der Waals surface area contributed by atoms with Crippen molar-refractivity contribution in [3.8, 4) is 6.07 Å². The number of carbonyl (C=O) groups excluding carboxylic acids is 2. The summed E-state index contributed by atoms with van der Waals surface area (Å²) in [6.45, 7) is 1.23. The minimum Gasteiger partial charge on any atom is -0.447 e. The number of rotatable bonds is 4. The average Bonchev–Trinajstić information content (AvgIpc) is 2.91. The number of hydrogen-bond donors (Lipinski definition) is 1. The molecule has 1 N–H and O–H groups in total. The molecule has 0 spiro atoms. The standard InChI is InChI=1S/C14H16N4O3/c1-17(7-3-6-15)13(19)16-11-4-2-5-12(10-11)18-8-9-21-14(18)20/h2,4-5,10H,3,7-9H2,1H3,(H,16,19). The number of benzene rings is 1. The molecule has 0 radical (unpaired) electrons. The van der Waals surface area contributed by atoms with Gasteiger partial charge in [0, 0.05) is 25.0 Å². The summed E-state index contributed by atoms with van der Waals surface area (Å²) in [5, 5.41) is 11.2. The molecule has 2 rings (SSSR count). The van der Waals surface area contributed by atoms with Crippen LogP contribution in [-0.4, -0.2) is 43.8 Å². The van der Waals surface area contributed by atoms with Crippen LogP contribution < -0.4 is 10.2 Å². The van der Waals surface area contributed by atoms with Gasteiger partial charge in [0.2, 0.25) is 0 Å². The molecule has 7 nitrogen and oxygen atoms in total. The summed E-state index contributed by atoms with van der Waals surface area (Å²) >= 11 is 0. The Morgan fingerprint density at radius 1 is 1.57 bits per heavy atom. The fourth-order valence-corrected chi connectivity index (χ4v) is 1.92. The topological polar surface area (TPSA) is 85.7 Å². The van der Waals surface area contributed by atoms with Gasteiger partial charge in [0.25, 0.3) is 0 Å². The van der Waals surface area contributed by atoms with E-state index in [9.17, 15) is 9.59 Å². The van der Waals surface area contributed by atoms with Crippen LogP contribution in [0.4, 0.5) is 21.0 Å². The van der Waals surface area contributed by atoms with Gasteiger partial charge in [-0.05, 0) is 18.2 Å². The van der Waals surface area contributed by atoms with E-state index >= 15 is 0 Å². The van der Waals surface area contributed by atoms with Crippen molar-refractivity contribution in [3.05, 3.63) is 24.3 Å². The molecular formula is C14H16N4O3. The predicted molar refractivity (Wildman–Crippen MR) is 77.0 cm³/mol. The van der Waals surface area contributed by atoms with Gasteiger partial charge in [-0.3, -0.25) is 4.90 Å². The normalized spacial score (nSPS) is 13.5. The maximum atomic E-state index is 11.9. The summed E-state index contributed by atoms with van der Waals surface area (Å²) in [5.74, 6) is 0. The highest BCUT2D eigenvalue weighted by Gasteiger charge is 2.23. The zero-order chi connectivity index (χ0) is 15.2. The molecular weight excluding hydrogens is 272 g/mol. The van der Waals surface area contributed by atoms with E-state index in [-0.39, 0.29) is 18.5 Å². The van der Waals surface area contributed by atoms with Gasteiger partial charge in [0.15, 0.2) is 0 Å². The first kappa shape index (κ1) is 14.7. The lowest BCUT2D eigenvalue weighted by atomic mass is 10.2. The minimum atomic E-state index is -0.385. The van der Waals surface area contributed by atoms with Gasteiger partial charge in [-0.25, -0.2) is 9.59 Å². The highest BCUT2D eigenvalue weighted by atomic mass is 16.6. The van der Waals surface area contributed by atoms with Crippen LogP contribution >= 0.6 is 0 Å². The Hall–Kier alpha value is -2.75. The lowest BCUT2D eigenvalue weighted by molar-refractivity contribution is 0.181. The van der Waals surface area contributed by atoms with E-state index < -0.39 is 0 Å². The average molecular weight is 288 g/mol. The van der Waals surface area contributed by atoms with Crippen LogP contribution in [0.2, 0.25) is 0 Å². The monoisotopic (exact) mass is 288 g/mol. The van der Waals surface area contributed by atoms with E-state index in [1.165, 1.54) is 9.80 Å². The molecule has 21 heavy (non-hydrogen) atoms. The number of hydrogen-bond acceptors (Lipinski definition) is 4. The van der Waals surface area contributed by atoms with Crippen molar-refractivity contribution in [1.29, 1.82) is 5.26 Å². The van der Waals surface area contributed by atoms with Crippen LogP contribution in [0.1, 0.15) is 6.42 Å². The van der Waals surface area contributed by atoms with Crippen LogP contribution in [0.5, 0.6) is 0 Å². The second kappa shape index (κ2) is 6.61. The first-order valence-electron chi connectivity index (χ1n) is 6.55. The maximum absolute atomic E-state index is 11.9. The largest absolute Gasteiger partial charge is 0.447 e. The number of anilines is 2. The molecule has 1 aliphatic heterocycles. The smallest absolute Gasteiger partial charge is 0.414 e. The van der Waals surface area contributed by atoms with Crippen LogP contribution in [0.25, 0.3) is 0 Å². The molecule has 0 bridgehead atoms. The molecule has 0 aliphatic carbocycles. The van der Waals surface area contributed by atoms with E-state index in [1.807, 2.05) is 6.07 Å². The maximum Gasteiger partial charge on any atom is 0.414 e. The van der Waals surface area contributed by atoms with Crippen LogP contribution in [0.15, 0.2) is 24.3 Å². The Labute approximate surface area is 122 Å². The van der Waals surface area contributed by atoms with Crippen LogP contribution in [0.3, 0.4) is 0 Å². The summed E-state index contributed by atoms with van der Waals surface area (Å²) < 4.78 is 4.88. The van der Waals surface area contributed by atoms with E-state index in [2.05, 4.69) is 5.32 Å². The molecule has 0 saturated carbocycles. The van der Waals surface area contributed by atoms with Crippen molar-refractivity contribution in [1.82, 2.24) is 4.90 Å². The number of carbonyl (C=O) groups is 2. The second-order valence-corrected chi connectivity index (χ2v) is 4.58. The summed E-state index contributed by atoms with van der Waals surface area (Å²) in [4.78, 5) is 26.4. The van der Waals surface area contributed by atoms with Gasteiger partial charge in [0.1, 0.15) is 6.61 Å². The fourth-order valence-electron chi connectivity index (χ4n) is 1.92. The molecule has 110 valence electrons. The minimum absolute atomic E-state index is 0.281. The summed E-state index contributed by atoms with van der Waals surface area (Å²) in [6, 6.07) is 8.67. The Kier molecular flexibility index (Phi) is 4.61. The summed E-state index contributed by atoms with van der Waals surface area (Å²) in [7, 11) is 1.62. The van der Waals surface area contributed by atoms with Crippen LogP contribution in [-0.2, 0) is 4.74 Å². The fraction of sp³-hybridized carbons (Fsp3) is 0.357. The zero-order valence-electron chi connectivity index (χ0n) is 11.7. The summed E-state index contributed by atoms with van der Waals surface area (Å²) in [5.41, 5.74) is 1.26. The van der Waals surface area contributed by atoms with Crippen molar-refractivity contribution >= 4 is 23.5 Å². The molecule has 1 saturated heterocycles. The highest BCUT2D eigenvalue weighted by molar-refractivity contribution is 5.93. The van der Waals surface area contributed by atoms with Crippen molar-refractivity contribution < 1.29 is 14.3 Å². The SMILES string of the molecule is CN(CCC#N)C(=O)Nc1cccc(N2CCOC2=O)c1. The van der Waals surface area contributed by atoms with Crippen molar-refractivity contribution in [2.45, 2.75) is 6.42 Å². The zero-order valence-corrected chi connectivity index (χ0v) is 11.7. The lowest BCUT2D eigenvalue weighted by Crippen LogP contribution is -2.32. The third-order valence-electron chi connectivity index (χ3n) is 3.08. The number of nitrogens with zero attached hydrogens (tertiary/aromatic N) is 3. The van der Waals surface area contributed by atoms with Crippen molar-refractivity contribution in [2.24, 2.45) is 0 Å². The molecule has 1 aliphatic rings. The van der Waals surface area contributed by atoms with E-state index in [1.54, 1.807) is 31.3 Å². The molecule has 1 fully saturated rings. The Bertz CT molecular complexity index is 582. The third-order valence-corrected chi connectivity index (χ3v) is 3.08. The second-order valence-electron chi connectivity index (χ2n) is 4.58. The molecule has 0 unspecified atom stereocenters. The van der Waals surface area contributed by atoms with Gasteiger partial charge in [-0.2, -0.15) is 5.26 Å². The Morgan fingerprint density at radius 3 is 3.05 bits per heavy atom. The number of ether oxygens (including phenoxy) is 1. The van der Waals surface area contributed by atoms with Gasteiger partial charge < -0.3 is 15.0 Å². The number of nitriles is 1. The van der Waals surface area contributed by atoms with E-state index in [0.717, 1.165) is 0 Å². The first-order valence-corrected chi connectivity index (χ1v) is 6.55. The number of nitrogens with one attached hydrogen (secondary N) is 1. The third kappa shape index (κ3) is 3.63. The van der Waals surface area contributed by atoms with Gasteiger partial charge in [-0.15, -0.1) is 0 Å². The quantitative estimate of drug-likeness (QED) is 0.918. The predicted octanol–water partition coefficient (Wildman–Crippen LogP) is 2.02. The lowest BCUT2D eigenvalue weighted by Gasteiger charge is -2.18. The Balaban J connectivity index is 2.03. The molecule has 1 aromatic carbocycles. The Morgan fingerprint density at radius 2 is 2.38 bits per heavy atom. The number of amides is 3. The van der Waals surface area contributed by atoms with Crippen molar-refractivity contribution in [3.63, 3.8) is 0 Å². The van der Waals surface area contributed by atoms with Gasteiger partial charge >= 0.3 is 12.1 Å². The van der Waals surface area contributed by atoms with Gasteiger partial charge in [-0.1, -0.05) is 6.07 Å². The first-order chi connectivity index (χ1) is 10.1. The molecule has 0 atom stereocenters. The summed E-state index contributed by atoms with van der Waals surface area (Å²) in [6.07, 6.45) is -0.103. The molecule has 7 heteroatoms. The van der Waals surface area contributed by atoms with E-state index in [0.29, 0.717) is 31.1 Å². The van der Waals surface area contributed by atoms with Gasteiger partial charge in [0.05, 0.1) is 19.0 Å². The number of cyclic esters (lactones) is 1. The molecule has 1 aromatic rings. The molecule has 1 heterocycles. The van der Waals surface area contributed by atoms with Crippen molar-refractivity contribution in [2.75, 3.05) is 37.0 Å². The molecule has 0 aromatic heterocycles. The highest BCUT2D eigenvalue weighted by Crippen LogP contribution is 2.22.